The Bertz CT molecular complexity index is 695. The molecule has 0 aliphatic carbocycles. The fourth-order valence-corrected chi connectivity index (χ4v) is 3.76. The van der Waals surface area contributed by atoms with Crippen molar-refractivity contribution >= 4 is 33.3 Å². The van der Waals surface area contributed by atoms with Crippen molar-refractivity contribution in [2.45, 2.75) is 20.3 Å². The molecule has 2 aromatic rings. The Balaban J connectivity index is 1.59. The Morgan fingerprint density at radius 2 is 1.83 bits per heavy atom. The van der Waals surface area contributed by atoms with E-state index in [4.69, 9.17) is 0 Å². The number of piperidine rings is 1. The first-order chi connectivity index (χ1) is 11.5. The highest BCUT2D eigenvalue weighted by Gasteiger charge is 2.24. The lowest BCUT2D eigenvalue weighted by atomic mass is 9.92. The third kappa shape index (κ3) is 4.19. The molecule has 0 saturated carbocycles. The number of anilines is 3. The van der Waals surface area contributed by atoms with Crippen LogP contribution in [0, 0.1) is 17.7 Å². The number of urea groups is 1. The minimum Gasteiger partial charge on any atom is -0.346 e. The minimum atomic E-state index is -0.426. The molecule has 8 heteroatoms. The van der Waals surface area contributed by atoms with E-state index in [-0.39, 0.29) is 5.82 Å². The Hall–Kier alpha value is -2.22. The fraction of sp³-hybridized carbons (Fsp3) is 0.438. The third-order valence-corrected chi connectivity index (χ3v) is 4.78. The number of rotatable bonds is 3. The van der Waals surface area contributed by atoms with Gasteiger partial charge in [-0.15, -0.1) is 10.2 Å². The number of halogens is 1. The quantitative estimate of drug-likeness (QED) is 0.884. The van der Waals surface area contributed by atoms with E-state index in [1.165, 1.54) is 42.0 Å². The van der Waals surface area contributed by atoms with Crippen LogP contribution in [0.3, 0.4) is 0 Å². The van der Waals surface area contributed by atoms with E-state index in [9.17, 15) is 9.18 Å². The molecular weight excluding hydrogens is 329 g/mol. The second kappa shape index (κ2) is 7.12. The maximum atomic E-state index is 12.9. The van der Waals surface area contributed by atoms with Crippen LogP contribution in [-0.2, 0) is 0 Å². The van der Waals surface area contributed by atoms with Gasteiger partial charge in [0, 0.05) is 18.8 Å². The summed E-state index contributed by atoms with van der Waals surface area (Å²) < 4.78 is 12.9. The summed E-state index contributed by atoms with van der Waals surface area (Å²) in [5, 5.41) is 14.8. The SMILES string of the molecule is CC1CC(C)CN(c2nnc(NC(=O)Nc3ccc(F)cc3)s2)C1. The summed E-state index contributed by atoms with van der Waals surface area (Å²) in [6, 6.07) is 5.15. The summed E-state index contributed by atoms with van der Waals surface area (Å²) in [5.74, 6) is 0.895. The van der Waals surface area contributed by atoms with Crippen LogP contribution in [0.15, 0.2) is 24.3 Å². The Morgan fingerprint density at radius 3 is 2.50 bits per heavy atom. The summed E-state index contributed by atoms with van der Waals surface area (Å²) in [6.07, 6.45) is 1.22. The van der Waals surface area contributed by atoms with Gasteiger partial charge in [0.15, 0.2) is 0 Å². The number of nitrogens with one attached hydrogen (secondary N) is 2. The van der Waals surface area contributed by atoms with Crippen LogP contribution in [0.25, 0.3) is 0 Å². The van der Waals surface area contributed by atoms with Crippen molar-refractivity contribution in [3.05, 3.63) is 30.1 Å². The zero-order valence-corrected chi connectivity index (χ0v) is 14.4. The Labute approximate surface area is 144 Å². The summed E-state index contributed by atoms with van der Waals surface area (Å²) in [5.41, 5.74) is 0.511. The molecule has 0 radical (unpaired) electrons. The maximum absolute atomic E-state index is 12.9. The van der Waals surface area contributed by atoms with E-state index in [2.05, 4.69) is 39.6 Å². The van der Waals surface area contributed by atoms with Crippen LogP contribution in [0.5, 0.6) is 0 Å². The maximum Gasteiger partial charge on any atom is 0.325 e. The normalized spacial score (nSPS) is 20.7. The zero-order valence-electron chi connectivity index (χ0n) is 13.6. The van der Waals surface area contributed by atoms with Crippen molar-refractivity contribution in [3.63, 3.8) is 0 Å². The van der Waals surface area contributed by atoms with Gasteiger partial charge in [0.25, 0.3) is 0 Å². The molecule has 1 aromatic heterocycles. The van der Waals surface area contributed by atoms with Gasteiger partial charge in [-0.1, -0.05) is 25.2 Å². The van der Waals surface area contributed by atoms with Crippen molar-refractivity contribution in [2.24, 2.45) is 11.8 Å². The van der Waals surface area contributed by atoms with Crippen LogP contribution in [-0.4, -0.2) is 29.3 Å². The molecule has 1 saturated heterocycles. The summed E-state index contributed by atoms with van der Waals surface area (Å²) >= 11 is 1.36. The number of hydrogen-bond acceptors (Lipinski definition) is 5. The highest BCUT2D eigenvalue weighted by Crippen LogP contribution is 2.30. The Morgan fingerprint density at radius 1 is 1.17 bits per heavy atom. The van der Waals surface area contributed by atoms with E-state index in [1.54, 1.807) is 0 Å². The van der Waals surface area contributed by atoms with Gasteiger partial charge in [-0.05, 0) is 42.5 Å². The molecular formula is C16H20FN5OS. The molecule has 3 rings (SSSR count). The number of benzene rings is 1. The molecule has 1 aliphatic heterocycles. The van der Waals surface area contributed by atoms with Crippen molar-refractivity contribution in [1.82, 2.24) is 10.2 Å². The highest BCUT2D eigenvalue weighted by atomic mass is 32.1. The molecule has 2 amide bonds. The van der Waals surface area contributed by atoms with E-state index < -0.39 is 6.03 Å². The zero-order chi connectivity index (χ0) is 17.1. The number of carbonyl (C=O) groups is 1. The lowest BCUT2D eigenvalue weighted by Gasteiger charge is -2.34. The molecule has 2 unspecified atom stereocenters. The van der Waals surface area contributed by atoms with Crippen LogP contribution in [0.4, 0.5) is 25.1 Å². The first kappa shape index (κ1) is 16.6. The number of hydrogen-bond donors (Lipinski definition) is 2. The van der Waals surface area contributed by atoms with Gasteiger partial charge in [0.05, 0.1) is 0 Å². The molecule has 6 nitrogen and oxygen atoms in total. The van der Waals surface area contributed by atoms with Crippen LogP contribution >= 0.6 is 11.3 Å². The highest BCUT2D eigenvalue weighted by molar-refractivity contribution is 7.19. The topological polar surface area (TPSA) is 70.2 Å². The third-order valence-electron chi connectivity index (χ3n) is 3.88. The van der Waals surface area contributed by atoms with Crippen LogP contribution in [0.1, 0.15) is 20.3 Å². The van der Waals surface area contributed by atoms with Crippen molar-refractivity contribution in [2.75, 3.05) is 28.6 Å². The van der Waals surface area contributed by atoms with Gasteiger partial charge >= 0.3 is 6.03 Å². The minimum absolute atomic E-state index is 0.347. The van der Waals surface area contributed by atoms with Crippen LogP contribution in [0.2, 0.25) is 0 Å². The molecule has 2 atom stereocenters. The van der Waals surface area contributed by atoms with Gasteiger partial charge in [-0.25, -0.2) is 9.18 Å². The molecule has 2 heterocycles. The average Bonchev–Trinajstić information content (AvgIpc) is 2.97. The summed E-state index contributed by atoms with van der Waals surface area (Å²) in [6.45, 7) is 6.39. The molecule has 0 bridgehead atoms. The van der Waals surface area contributed by atoms with Gasteiger partial charge in [0.2, 0.25) is 10.3 Å². The second-order valence-electron chi connectivity index (χ2n) is 6.33. The molecule has 1 fully saturated rings. The van der Waals surface area contributed by atoms with Crippen LogP contribution < -0.4 is 15.5 Å². The van der Waals surface area contributed by atoms with E-state index in [1.807, 2.05) is 0 Å². The lowest BCUT2D eigenvalue weighted by molar-refractivity contribution is 0.262. The molecule has 24 heavy (non-hydrogen) atoms. The Kier molecular flexibility index (Phi) is 4.94. The second-order valence-corrected chi connectivity index (χ2v) is 7.28. The van der Waals surface area contributed by atoms with E-state index in [0.29, 0.717) is 22.7 Å². The average molecular weight is 349 g/mol. The predicted octanol–water partition coefficient (Wildman–Crippen LogP) is 3.80. The number of aromatic nitrogens is 2. The number of nitrogens with zero attached hydrogens (tertiary/aromatic N) is 3. The predicted molar refractivity (Wildman–Crippen MR) is 94.1 cm³/mol. The van der Waals surface area contributed by atoms with Crippen molar-refractivity contribution in [1.29, 1.82) is 0 Å². The smallest absolute Gasteiger partial charge is 0.325 e. The largest absolute Gasteiger partial charge is 0.346 e. The van der Waals surface area contributed by atoms with E-state index >= 15 is 0 Å². The summed E-state index contributed by atoms with van der Waals surface area (Å²) in [4.78, 5) is 14.2. The van der Waals surface area contributed by atoms with Gasteiger partial charge < -0.3 is 10.2 Å². The lowest BCUT2D eigenvalue weighted by Crippen LogP contribution is -2.38. The summed E-state index contributed by atoms with van der Waals surface area (Å²) in [7, 11) is 0. The monoisotopic (exact) mass is 349 g/mol. The molecule has 2 N–H and O–H groups in total. The van der Waals surface area contributed by atoms with E-state index in [0.717, 1.165) is 18.2 Å². The molecule has 0 spiro atoms. The molecule has 128 valence electrons. The first-order valence-electron chi connectivity index (χ1n) is 7.91. The molecule has 1 aromatic carbocycles. The standard InChI is InChI=1S/C16H20FN5OS/c1-10-7-11(2)9-22(8-10)16-21-20-15(24-16)19-14(23)18-13-5-3-12(17)4-6-13/h3-6,10-11H,7-9H2,1-2H3,(H2,18,19,20,23). The van der Waals surface area contributed by atoms with Gasteiger partial charge in [-0.3, -0.25) is 5.32 Å². The van der Waals surface area contributed by atoms with Crippen molar-refractivity contribution in [3.8, 4) is 0 Å². The first-order valence-corrected chi connectivity index (χ1v) is 8.73. The molecule has 1 aliphatic rings. The fourth-order valence-electron chi connectivity index (χ4n) is 3.01. The number of amides is 2. The van der Waals surface area contributed by atoms with Gasteiger partial charge in [0.1, 0.15) is 5.82 Å². The van der Waals surface area contributed by atoms with Gasteiger partial charge in [-0.2, -0.15) is 0 Å². The number of carbonyl (C=O) groups excluding carboxylic acids is 1. The van der Waals surface area contributed by atoms with Crippen molar-refractivity contribution < 1.29 is 9.18 Å².